The van der Waals surface area contributed by atoms with Crippen molar-refractivity contribution in [1.82, 2.24) is 9.55 Å². The van der Waals surface area contributed by atoms with E-state index in [4.69, 9.17) is 16.3 Å². The molecule has 4 rings (SSSR count). The van der Waals surface area contributed by atoms with Crippen LogP contribution in [0.1, 0.15) is 12.8 Å². The van der Waals surface area contributed by atoms with E-state index in [0.717, 1.165) is 24.6 Å². The molecule has 11 heteroatoms. The number of benzene rings is 2. The number of thioether (sulfide) groups is 1. The molecule has 1 unspecified atom stereocenters. The van der Waals surface area contributed by atoms with Gasteiger partial charge in [-0.15, -0.1) is 0 Å². The number of non-ortho nitro benzene ring substituents is 1. The van der Waals surface area contributed by atoms with Gasteiger partial charge in [-0.05, 0) is 37.1 Å². The Labute approximate surface area is 191 Å². The molecule has 0 saturated carbocycles. The fraction of sp³-hybridized carbons (Fsp3) is 0.286. The monoisotopic (exact) mass is 474 g/mol. The molecule has 166 valence electrons. The van der Waals surface area contributed by atoms with Crippen molar-refractivity contribution in [3.63, 3.8) is 0 Å². The Morgan fingerprint density at radius 2 is 2.19 bits per heavy atom. The molecule has 0 radical (unpaired) electrons. The van der Waals surface area contributed by atoms with Crippen LogP contribution < -0.4 is 10.9 Å². The summed E-state index contributed by atoms with van der Waals surface area (Å²) < 4.78 is 7.22. The number of anilines is 1. The number of nitro benzene ring substituents is 1. The van der Waals surface area contributed by atoms with E-state index < -0.39 is 4.92 Å². The minimum atomic E-state index is -0.529. The molecule has 0 bridgehead atoms. The Balaban J connectivity index is 1.56. The molecule has 1 aliphatic rings. The number of carbonyl (C=O) groups is 1. The van der Waals surface area contributed by atoms with Crippen molar-refractivity contribution in [3.05, 3.63) is 68.0 Å². The molecule has 1 aromatic heterocycles. The van der Waals surface area contributed by atoms with Crippen molar-refractivity contribution >= 4 is 51.5 Å². The minimum absolute atomic E-state index is 0.0350. The van der Waals surface area contributed by atoms with Crippen LogP contribution >= 0.6 is 23.4 Å². The van der Waals surface area contributed by atoms with Gasteiger partial charge in [0, 0.05) is 29.4 Å². The highest BCUT2D eigenvalue weighted by atomic mass is 35.5. The van der Waals surface area contributed by atoms with Crippen LogP contribution in [0.15, 0.2) is 52.4 Å². The van der Waals surface area contributed by atoms with Gasteiger partial charge < -0.3 is 10.1 Å². The second-order valence-electron chi connectivity index (χ2n) is 7.25. The molecule has 1 N–H and O–H groups in total. The third-order valence-electron chi connectivity index (χ3n) is 4.97. The number of nitrogens with one attached hydrogen (secondary N) is 1. The maximum absolute atomic E-state index is 13.1. The van der Waals surface area contributed by atoms with Crippen molar-refractivity contribution in [2.75, 3.05) is 17.7 Å². The number of amides is 1. The third-order valence-corrected chi connectivity index (χ3v) is 6.18. The molecule has 1 atom stereocenters. The SMILES string of the molecule is O=C(CSc1nc2cc(Cl)ccc2c(=O)n1CC1CCCO1)Nc1cccc([N+](=O)[O-])c1. The first-order valence-electron chi connectivity index (χ1n) is 9.89. The summed E-state index contributed by atoms with van der Waals surface area (Å²) >= 11 is 7.18. The Morgan fingerprint density at radius 3 is 2.94 bits per heavy atom. The lowest BCUT2D eigenvalue weighted by atomic mass is 10.2. The first-order chi connectivity index (χ1) is 15.4. The van der Waals surface area contributed by atoms with Gasteiger partial charge in [-0.2, -0.15) is 0 Å². The zero-order valence-electron chi connectivity index (χ0n) is 16.8. The summed E-state index contributed by atoms with van der Waals surface area (Å²) in [5.41, 5.74) is 0.435. The molecule has 32 heavy (non-hydrogen) atoms. The molecule has 2 heterocycles. The van der Waals surface area contributed by atoms with E-state index in [-0.39, 0.29) is 29.0 Å². The molecule has 1 aliphatic heterocycles. The molecule has 2 aromatic carbocycles. The highest BCUT2D eigenvalue weighted by Gasteiger charge is 2.21. The number of hydrogen-bond acceptors (Lipinski definition) is 7. The highest BCUT2D eigenvalue weighted by Crippen LogP contribution is 2.23. The summed E-state index contributed by atoms with van der Waals surface area (Å²) in [6.07, 6.45) is 1.70. The summed E-state index contributed by atoms with van der Waals surface area (Å²) in [7, 11) is 0. The average molecular weight is 475 g/mol. The van der Waals surface area contributed by atoms with Crippen molar-refractivity contribution in [3.8, 4) is 0 Å². The predicted molar refractivity (Wildman–Crippen MR) is 122 cm³/mol. The summed E-state index contributed by atoms with van der Waals surface area (Å²) in [4.78, 5) is 40.6. The number of aromatic nitrogens is 2. The van der Waals surface area contributed by atoms with E-state index in [2.05, 4.69) is 10.3 Å². The summed E-state index contributed by atoms with van der Waals surface area (Å²) in [6, 6.07) is 10.6. The lowest BCUT2D eigenvalue weighted by Gasteiger charge is -2.16. The van der Waals surface area contributed by atoms with Crippen molar-refractivity contribution in [1.29, 1.82) is 0 Å². The van der Waals surface area contributed by atoms with Crippen LogP contribution in [-0.4, -0.2) is 38.8 Å². The summed E-state index contributed by atoms with van der Waals surface area (Å²) in [5, 5.41) is 14.8. The second kappa shape index (κ2) is 9.68. The van der Waals surface area contributed by atoms with E-state index in [1.807, 2.05) is 0 Å². The van der Waals surface area contributed by atoms with Gasteiger partial charge >= 0.3 is 0 Å². The largest absolute Gasteiger partial charge is 0.376 e. The van der Waals surface area contributed by atoms with Gasteiger partial charge in [0.25, 0.3) is 11.2 Å². The molecule has 1 saturated heterocycles. The standard InChI is InChI=1S/C21H19ClN4O5S/c22-13-6-7-17-18(9-13)24-21(25(20(17)28)11-16-5-2-8-31-16)32-12-19(27)23-14-3-1-4-15(10-14)26(29)30/h1,3-4,6-7,9-10,16H,2,5,8,11-12H2,(H,23,27). The van der Waals surface area contributed by atoms with E-state index >= 15 is 0 Å². The minimum Gasteiger partial charge on any atom is -0.376 e. The molecular weight excluding hydrogens is 456 g/mol. The summed E-state index contributed by atoms with van der Waals surface area (Å²) in [6.45, 7) is 1.00. The van der Waals surface area contributed by atoms with Gasteiger partial charge in [0.1, 0.15) is 0 Å². The first kappa shape index (κ1) is 22.3. The van der Waals surface area contributed by atoms with Crippen LogP contribution in [0.3, 0.4) is 0 Å². The fourth-order valence-electron chi connectivity index (χ4n) is 3.46. The highest BCUT2D eigenvalue weighted by molar-refractivity contribution is 7.99. The van der Waals surface area contributed by atoms with Crippen LogP contribution in [0, 0.1) is 10.1 Å². The normalized spacial score (nSPS) is 15.7. The van der Waals surface area contributed by atoms with Gasteiger partial charge in [-0.25, -0.2) is 4.98 Å². The Morgan fingerprint density at radius 1 is 1.34 bits per heavy atom. The zero-order chi connectivity index (χ0) is 22.7. The number of carbonyl (C=O) groups excluding carboxylic acids is 1. The third kappa shape index (κ3) is 5.09. The van der Waals surface area contributed by atoms with E-state index in [1.54, 1.807) is 24.3 Å². The van der Waals surface area contributed by atoms with Crippen LogP contribution in [0.2, 0.25) is 5.02 Å². The Bertz CT molecular complexity index is 1240. The van der Waals surface area contributed by atoms with Gasteiger partial charge in [0.05, 0.1) is 34.2 Å². The summed E-state index contributed by atoms with van der Waals surface area (Å²) in [5.74, 6) is -0.410. The van der Waals surface area contributed by atoms with Crippen molar-refractivity contribution in [2.24, 2.45) is 0 Å². The maximum atomic E-state index is 13.1. The first-order valence-corrected chi connectivity index (χ1v) is 11.3. The van der Waals surface area contributed by atoms with Gasteiger partial charge in [-0.1, -0.05) is 29.4 Å². The Kier molecular flexibility index (Phi) is 6.73. The average Bonchev–Trinajstić information content (AvgIpc) is 3.28. The number of rotatable bonds is 7. The van der Waals surface area contributed by atoms with Crippen molar-refractivity contribution < 1.29 is 14.5 Å². The van der Waals surface area contributed by atoms with Crippen LogP contribution in [0.4, 0.5) is 11.4 Å². The van der Waals surface area contributed by atoms with Gasteiger partial charge in [0.15, 0.2) is 5.16 Å². The number of fused-ring (bicyclic) bond motifs is 1. The van der Waals surface area contributed by atoms with E-state index in [9.17, 15) is 19.7 Å². The van der Waals surface area contributed by atoms with Crippen molar-refractivity contribution in [2.45, 2.75) is 30.6 Å². The maximum Gasteiger partial charge on any atom is 0.271 e. The van der Waals surface area contributed by atoms with Crippen LogP contribution in [-0.2, 0) is 16.1 Å². The number of ether oxygens (including phenoxy) is 1. The van der Waals surface area contributed by atoms with Crippen LogP contribution in [0.5, 0.6) is 0 Å². The lowest BCUT2D eigenvalue weighted by Crippen LogP contribution is -2.29. The van der Waals surface area contributed by atoms with Crippen LogP contribution in [0.25, 0.3) is 10.9 Å². The fourth-order valence-corrected chi connectivity index (χ4v) is 4.44. The zero-order valence-corrected chi connectivity index (χ0v) is 18.4. The number of halogens is 1. The molecule has 0 spiro atoms. The van der Waals surface area contributed by atoms with Gasteiger partial charge in [0.2, 0.25) is 5.91 Å². The predicted octanol–water partition coefficient (Wildman–Crippen LogP) is 3.87. The smallest absolute Gasteiger partial charge is 0.271 e. The van der Waals surface area contributed by atoms with E-state index in [0.29, 0.717) is 39.9 Å². The molecule has 9 nitrogen and oxygen atoms in total. The number of hydrogen-bond donors (Lipinski definition) is 1. The Hall–Kier alpha value is -2.95. The molecule has 3 aromatic rings. The topological polar surface area (TPSA) is 116 Å². The quantitative estimate of drug-likeness (QED) is 0.239. The lowest BCUT2D eigenvalue weighted by molar-refractivity contribution is -0.384. The van der Waals surface area contributed by atoms with E-state index in [1.165, 1.54) is 22.8 Å². The molecule has 1 amide bonds. The molecule has 0 aliphatic carbocycles. The number of nitro groups is 1. The van der Waals surface area contributed by atoms with Gasteiger partial charge in [-0.3, -0.25) is 24.3 Å². The second-order valence-corrected chi connectivity index (χ2v) is 8.63. The molecular formula is C21H19ClN4O5S. The molecule has 1 fully saturated rings. The number of nitrogens with zero attached hydrogens (tertiary/aromatic N) is 3.